The molecule has 24 heavy (non-hydrogen) atoms. The normalized spacial score (nSPS) is 18.4. The van der Waals surface area contributed by atoms with Gasteiger partial charge in [-0.25, -0.2) is 0 Å². The number of methoxy groups -OCH3 is 1. The van der Waals surface area contributed by atoms with Crippen molar-refractivity contribution in [3.05, 3.63) is 39.7 Å². The maximum Gasteiger partial charge on any atom is 0.266 e. The summed E-state index contributed by atoms with van der Waals surface area (Å²) in [5, 5.41) is 9.93. The van der Waals surface area contributed by atoms with Crippen LogP contribution in [0.4, 0.5) is 5.13 Å². The van der Waals surface area contributed by atoms with Crippen LogP contribution in [-0.4, -0.2) is 40.3 Å². The summed E-state index contributed by atoms with van der Waals surface area (Å²) in [5.74, 6) is 0.690. The van der Waals surface area contributed by atoms with Gasteiger partial charge in [0, 0.05) is 7.05 Å². The molecular weight excluding hydrogens is 344 g/mol. The molecule has 1 fully saturated rings. The molecule has 6 nitrogen and oxygen atoms in total. The van der Waals surface area contributed by atoms with Gasteiger partial charge in [0.05, 0.1) is 12.0 Å². The Morgan fingerprint density at radius 1 is 1.33 bits per heavy atom. The average Bonchev–Trinajstić information content (AvgIpc) is 3.12. The first-order valence-electron chi connectivity index (χ1n) is 7.19. The smallest absolute Gasteiger partial charge is 0.266 e. The van der Waals surface area contributed by atoms with E-state index >= 15 is 0 Å². The number of nitrogens with zero attached hydrogens (tertiary/aromatic N) is 4. The van der Waals surface area contributed by atoms with E-state index in [1.165, 1.54) is 23.1 Å². The van der Waals surface area contributed by atoms with Gasteiger partial charge in [-0.05, 0) is 48.9 Å². The highest BCUT2D eigenvalue weighted by atomic mass is 32.2. The number of hydrogen-bond donors (Lipinski definition) is 0. The van der Waals surface area contributed by atoms with Crippen molar-refractivity contribution in [1.29, 1.82) is 0 Å². The minimum Gasteiger partial charge on any atom is -0.497 e. The molecule has 124 valence electrons. The molecule has 1 aliphatic heterocycles. The van der Waals surface area contributed by atoms with E-state index in [2.05, 4.69) is 15.2 Å². The molecule has 1 amide bonds. The lowest BCUT2D eigenvalue weighted by Crippen LogP contribution is -2.23. The fourth-order valence-electron chi connectivity index (χ4n) is 2.18. The van der Waals surface area contributed by atoms with Crippen molar-refractivity contribution in [1.82, 2.24) is 15.1 Å². The lowest BCUT2D eigenvalue weighted by molar-refractivity contribution is -0.121. The predicted octanol–water partition coefficient (Wildman–Crippen LogP) is 3.48. The van der Waals surface area contributed by atoms with E-state index in [4.69, 9.17) is 4.74 Å². The van der Waals surface area contributed by atoms with Gasteiger partial charge in [-0.2, -0.15) is 4.99 Å². The molecule has 0 atom stereocenters. The van der Waals surface area contributed by atoms with Crippen molar-refractivity contribution in [3.63, 3.8) is 0 Å². The zero-order valence-electron chi connectivity index (χ0n) is 13.7. The van der Waals surface area contributed by atoms with Crippen LogP contribution in [0.5, 0.6) is 5.75 Å². The Hall–Kier alpha value is -2.19. The van der Waals surface area contributed by atoms with Crippen molar-refractivity contribution >= 4 is 44.9 Å². The van der Waals surface area contributed by atoms with Crippen LogP contribution in [0.2, 0.25) is 0 Å². The minimum absolute atomic E-state index is 0.0692. The summed E-state index contributed by atoms with van der Waals surface area (Å²) in [5.41, 5.74) is 1.85. The molecule has 0 unspecified atom stereocenters. The molecule has 8 heteroatoms. The SMILES string of the molecule is COc1cccc(/C(C)=C2\S/C(=N/c3nnc(C)s3)N(C)C2=O)c1. The van der Waals surface area contributed by atoms with Gasteiger partial charge < -0.3 is 4.74 Å². The number of aromatic nitrogens is 2. The first kappa shape index (κ1) is 16.7. The van der Waals surface area contributed by atoms with E-state index in [1.54, 1.807) is 19.1 Å². The third kappa shape index (κ3) is 3.20. The molecule has 0 spiro atoms. The van der Waals surface area contributed by atoms with Gasteiger partial charge in [0.25, 0.3) is 5.91 Å². The van der Waals surface area contributed by atoms with Crippen LogP contribution in [-0.2, 0) is 4.79 Å². The molecule has 0 saturated carbocycles. The Bertz CT molecular complexity index is 857. The fraction of sp³-hybridized carbons (Fsp3) is 0.250. The van der Waals surface area contributed by atoms with Gasteiger partial charge in [0.2, 0.25) is 5.13 Å². The number of likely N-dealkylation sites (N-methyl/N-ethyl adjacent to an activating group) is 1. The number of allylic oxidation sites excluding steroid dienone is 1. The molecule has 1 saturated heterocycles. The Morgan fingerprint density at radius 2 is 2.12 bits per heavy atom. The monoisotopic (exact) mass is 360 g/mol. The van der Waals surface area contributed by atoms with Crippen molar-refractivity contribution in [3.8, 4) is 5.75 Å². The van der Waals surface area contributed by atoms with Crippen molar-refractivity contribution in [2.45, 2.75) is 13.8 Å². The molecule has 0 N–H and O–H groups in total. The Labute approximate surface area is 148 Å². The average molecular weight is 360 g/mol. The van der Waals surface area contributed by atoms with Crippen LogP contribution in [0.25, 0.3) is 5.57 Å². The molecule has 0 bridgehead atoms. The van der Waals surface area contributed by atoms with Crippen LogP contribution in [0.1, 0.15) is 17.5 Å². The van der Waals surface area contributed by atoms with E-state index in [-0.39, 0.29) is 5.91 Å². The number of amidine groups is 1. The van der Waals surface area contributed by atoms with Gasteiger partial charge in [-0.1, -0.05) is 23.5 Å². The van der Waals surface area contributed by atoms with Crippen molar-refractivity contribution in [2.24, 2.45) is 4.99 Å². The van der Waals surface area contributed by atoms with Crippen LogP contribution < -0.4 is 4.74 Å². The summed E-state index contributed by atoms with van der Waals surface area (Å²) >= 11 is 2.75. The van der Waals surface area contributed by atoms with Crippen LogP contribution >= 0.6 is 23.1 Å². The third-order valence-corrected chi connectivity index (χ3v) is 5.49. The molecule has 1 aliphatic rings. The van der Waals surface area contributed by atoms with Crippen LogP contribution in [0, 0.1) is 6.92 Å². The standard InChI is InChI=1S/C16H16N4O2S2/c1-9(11-6-5-7-12(8-11)22-4)13-14(21)20(3)16(24-13)17-15-19-18-10(2)23-15/h5-8H,1-4H3/b13-9-,17-16+. The lowest BCUT2D eigenvalue weighted by Gasteiger charge is -2.07. The molecule has 2 aromatic rings. The Kier molecular flexibility index (Phi) is 4.68. The number of aliphatic imine (C=N–C) groups is 1. The number of hydrogen-bond acceptors (Lipinski definition) is 7. The molecule has 0 radical (unpaired) electrons. The first-order valence-corrected chi connectivity index (χ1v) is 8.83. The number of amides is 1. The zero-order valence-corrected chi connectivity index (χ0v) is 15.4. The highest BCUT2D eigenvalue weighted by Crippen LogP contribution is 2.37. The summed E-state index contributed by atoms with van der Waals surface area (Å²) in [6.45, 7) is 3.80. The zero-order chi connectivity index (χ0) is 17.3. The molecule has 0 aliphatic carbocycles. The number of carbonyl (C=O) groups excluding carboxylic acids is 1. The predicted molar refractivity (Wildman–Crippen MR) is 97.7 cm³/mol. The van der Waals surface area contributed by atoms with Gasteiger partial charge in [-0.15, -0.1) is 10.2 Å². The summed E-state index contributed by atoms with van der Waals surface area (Å²) < 4.78 is 5.26. The number of benzene rings is 1. The number of thioether (sulfide) groups is 1. The van der Waals surface area contributed by atoms with E-state index in [0.29, 0.717) is 15.2 Å². The maximum atomic E-state index is 12.6. The van der Waals surface area contributed by atoms with Gasteiger partial charge >= 0.3 is 0 Å². The van der Waals surface area contributed by atoms with Crippen LogP contribution in [0.15, 0.2) is 34.2 Å². The summed E-state index contributed by atoms with van der Waals surface area (Å²) in [7, 11) is 3.34. The van der Waals surface area contributed by atoms with E-state index in [9.17, 15) is 4.79 Å². The molecule has 1 aromatic carbocycles. The summed E-state index contributed by atoms with van der Waals surface area (Å²) in [4.78, 5) is 19.2. The Balaban J connectivity index is 1.96. The largest absolute Gasteiger partial charge is 0.497 e. The highest BCUT2D eigenvalue weighted by Gasteiger charge is 2.32. The van der Waals surface area contributed by atoms with Crippen LogP contribution in [0.3, 0.4) is 0 Å². The molecular formula is C16H16N4O2S2. The second-order valence-electron chi connectivity index (χ2n) is 5.15. The Morgan fingerprint density at radius 3 is 2.79 bits per heavy atom. The minimum atomic E-state index is -0.0692. The molecule has 1 aromatic heterocycles. The number of aryl methyl sites for hydroxylation is 1. The summed E-state index contributed by atoms with van der Waals surface area (Å²) in [6.07, 6.45) is 0. The molecule has 2 heterocycles. The second-order valence-corrected chi connectivity index (χ2v) is 7.29. The van der Waals surface area contributed by atoms with E-state index < -0.39 is 0 Å². The lowest BCUT2D eigenvalue weighted by atomic mass is 10.1. The number of carbonyl (C=O) groups is 1. The van der Waals surface area contributed by atoms with E-state index in [1.807, 2.05) is 38.1 Å². The first-order chi connectivity index (χ1) is 11.5. The topological polar surface area (TPSA) is 67.7 Å². The number of ether oxygens (including phenoxy) is 1. The maximum absolute atomic E-state index is 12.6. The summed E-state index contributed by atoms with van der Waals surface area (Å²) in [6, 6.07) is 7.66. The van der Waals surface area contributed by atoms with Crippen molar-refractivity contribution < 1.29 is 9.53 Å². The number of rotatable bonds is 3. The quantitative estimate of drug-likeness (QED) is 0.784. The van der Waals surface area contributed by atoms with Gasteiger partial charge in [0.1, 0.15) is 10.8 Å². The van der Waals surface area contributed by atoms with Gasteiger partial charge in [-0.3, -0.25) is 9.69 Å². The third-order valence-electron chi connectivity index (χ3n) is 3.53. The van der Waals surface area contributed by atoms with E-state index in [0.717, 1.165) is 21.9 Å². The second kappa shape index (κ2) is 6.74. The fourth-order valence-corrected chi connectivity index (χ4v) is 3.83. The van der Waals surface area contributed by atoms with Crippen molar-refractivity contribution in [2.75, 3.05) is 14.2 Å². The highest BCUT2D eigenvalue weighted by molar-refractivity contribution is 8.18. The van der Waals surface area contributed by atoms with Gasteiger partial charge in [0.15, 0.2) is 5.17 Å². The molecule has 3 rings (SSSR count).